The normalized spacial score (nSPS) is 23.8. The summed E-state index contributed by atoms with van der Waals surface area (Å²) in [7, 11) is 0. The van der Waals surface area contributed by atoms with Crippen molar-refractivity contribution in [2.24, 2.45) is 0 Å². The van der Waals surface area contributed by atoms with Gasteiger partial charge in [0.1, 0.15) is 5.54 Å². The maximum atomic E-state index is 9.24. The molecule has 3 heteroatoms. The van der Waals surface area contributed by atoms with E-state index in [-0.39, 0.29) is 5.54 Å². The monoisotopic (exact) mass is 251 g/mol. The Morgan fingerprint density at radius 1 is 1.44 bits per heavy atom. The van der Waals surface area contributed by atoms with E-state index in [0.717, 1.165) is 31.8 Å². The Kier molecular flexibility index (Phi) is 6.67. The van der Waals surface area contributed by atoms with Crippen molar-refractivity contribution in [2.45, 2.75) is 70.9 Å². The summed E-state index contributed by atoms with van der Waals surface area (Å²) in [6.07, 6.45) is 7.12. The molecule has 2 atom stereocenters. The van der Waals surface area contributed by atoms with Crippen molar-refractivity contribution in [3.05, 3.63) is 0 Å². The maximum absolute atomic E-state index is 9.24. The molecule has 104 valence electrons. The van der Waals surface area contributed by atoms with Crippen LogP contribution in [-0.2, 0) is 0 Å². The average molecular weight is 251 g/mol. The summed E-state index contributed by atoms with van der Waals surface area (Å²) < 4.78 is 0. The van der Waals surface area contributed by atoms with Gasteiger partial charge in [-0.15, -0.1) is 0 Å². The van der Waals surface area contributed by atoms with Gasteiger partial charge in [-0.05, 0) is 72.0 Å². The van der Waals surface area contributed by atoms with E-state index in [9.17, 15) is 5.26 Å². The van der Waals surface area contributed by atoms with Gasteiger partial charge in [-0.3, -0.25) is 5.32 Å². The predicted octanol–water partition coefficient (Wildman–Crippen LogP) is 2.92. The minimum Gasteiger partial charge on any atom is -0.301 e. The zero-order valence-corrected chi connectivity index (χ0v) is 12.3. The molecule has 1 aliphatic rings. The van der Waals surface area contributed by atoms with Gasteiger partial charge in [-0.25, -0.2) is 0 Å². The molecule has 18 heavy (non-hydrogen) atoms. The highest BCUT2D eigenvalue weighted by Gasteiger charge is 2.23. The predicted molar refractivity (Wildman–Crippen MR) is 76.4 cm³/mol. The fourth-order valence-electron chi connectivity index (χ4n) is 2.70. The van der Waals surface area contributed by atoms with E-state index >= 15 is 0 Å². The van der Waals surface area contributed by atoms with Gasteiger partial charge in [0.05, 0.1) is 6.07 Å². The fraction of sp³-hybridized carbons (Fsp3) is 0.933. The van der Waals surface area contributed by atoms with Gasteiger partial charge in [0.25, 0.3) is 0 Å². The Labute approximate surface area is 113 Å². The van der Waals surface area contributed by atoms with Crippen molar-refractivity contribution < 1.29 is 0 Å². The summed E-state index contributed by atoms with van der Waals surface area (Å²) in [5, 5.41) is 12.6. The molecule has 1 saturated heterocycles. The second-order valence-electron chi connectivity index (χ2n) is 5.86. The van der Waals surface area contributed by atoms with E-state index < -0.39 is 0 Å². The molecule has 0 aromatic carbocycles. The molecule has 2 unspecified atom stereocenters. The Morgan fingerprint density at radius 2 is 2.22 bits per heavy atom. The number of unbranched alkanes of at least 4 members (excludes halogenated alkanes) is 1. The van der Waals surface area contributed by atoms with Crippen LogP contribution < -0.4 is 5.32 Å². The topological polar surface area (TPSA) is 39.1 Å². The smallest absolute Gasteiger partial charge is 0.103 e. The molecule has 0 aromatic rings. The minimum absolute atomic E-state index is 0.327. The lowest BCUT2D eigenvalue weighted by Gasteiger charge is -2.24. The largest absolute Gasteiger partial charge is 0.301 e. The van der Waals surface area contributed by atoms with Crippen molar-refractivity contribution in [1.82, 2.24) is 10.2 Å². The lowest BCUT2D eigenvalue weighted by atomic mass is 9.96. The molecular formula is C15H29N3. The Bertz CT molecular complexity index is 271. The van der Waals surface area contributed by atoms with Gasteiger partial charge in [0, 0.05) is 6.04 Å². The number of likely N-dealkylation sites (tertiary alicyclic amines) is 1. The third kappa shape index (κ3) is 4.96. The first kappa shape index (κ1) is 15.5. The molecule has 1 rings (SSSR count). The molecular weight excluding hydrogens is 222 g/mol. The Morgan fingerprint density at radius 3 is 2.78 bits per heavy atom. The number of nitrogens with one attached hydrogen (secondary N) is 1. The summed E-state index contributed by atoms with van der Waals surface area (Å²) in [6.45, 7) is 9.91. The van der Waals surface area contributed by atoms with Gasteiger partial charge < -0.3 is 4.90 Å². The highest BCUT2D eigenvalue weighted by Crippen LogP contribution is 2.18. The van der Waals surface area contributed by atoms with Crippen LogP contribution in [0.2, 0.25) is 0 Å². The van der Waals surface area contributed by atoms with Gasteiger partial charge >= 0.3 is 0 Å². The molecule has 1 aliphatic heterocycles. The molecule has 0 aliphatic carbocycles. The van der Waals surface area contributed by atoms with E-state index in [1.165, 1.54) is 32.4 Å². The van der Waals surface area contributed by atoms with Gasteiger partial charge in [0.2, 0.25) is 0 Å². The van der Waals surface area contributed by atoms with Crippen molar-refractivity contribution >= 4 is 0 Å². The molecule has 0 amide bonds. The van der Waals surface area contributed by atoms with E-state index in [4.69, 9.17) is 0 Å². The van der Waals surface area contributed by atoms with Crippen LogP contribution >= 0.6 is 0 Å². The zero-order chi connectivity index (χ0) is 13.4. The summed E-state index contributed by atoms with van der Waals surface area (Å²) in [5.74, 6) is 0. The number of hydrogen-bond donors (Lipinski definition) is 1. The SMILES string of the molecule is CCCNC(C)(C#N)CCCCN1CCCC1C. The van der Waals surface area contributed by atoms with Gasteiger partial charge in [-0.2, -0.15) is 5.26 Å². The zero-order valence-electron chi connectivity index (χ0n) is 12.3. The summed E-state index contributed by atoms with van der Waals surface area (Å²) in [4.78, 5) is 2.59. The summed E-state index contributed by atoms with van der Waals surface area (Å²) in [6, 6.07) is 3.19. The van der Waals surface area contributed by atoms with Crippen LogP contribution in [0, 0.1) is 11.3 Å². The molecule has 0 saturated carbocycles. The number of nitrogens with zero attached hydrogens (tertiary/aromatic N) is 2. The Balaban J connectivity index is 2.17. The molecule has 0 radical (unpaired) electrons. The number of nitriles is 1. The van der Waals surface area contributed by atoms with E-state index in [1.54, 1.807) is 0 Å². The Hall–Kier alpha value is -0.590. The second-order valence-corrected chi connectivity index (χ2v) is 5.86. The first-order valence-corrected chi connectivity index (χ1v) is 7.51. The van der Waals surface area contributed by atoms with Crippen molar-refractivity contribution in [3.8, 4) is 6.07 Å². The summed E-state index contributed by atoms with van der Waals surface area (Å²) >= 11 is 0. The number of hydrogen-bond acceptors (Lipinski definition) is 3. The highest BCUT2D eigenvalue weighted by molar-refractivity contribution is 5.03. The van der Waals surface area contributed by atoms with Crippen LogP contribution in [0.5, 0.6) is 0 Å². The van der Waals surface area contributed by atoms with Gasteiger partial charge in [0.15, 0.2) is 0 Å². The molecule has 1 fully saturated rings. The fourth-order valence-corrected chi connectivity index (χ4v) is 2.70. The highest BCUT2D eigenvalue weighted by atomic mass is 15.2. The van der Waals surface area contributed by atoms with E-state index in [1.807, 2.05) is 6.92 Å². The standard InChI is InChI=1S/C15H29N3/c1-4-10-17-15(3,13-16)9-5-6-11-18-12-7-8-14(18)2/h14,17H,4-12H2,1-3H3. The molecule has 0 aromatic heterocycles. The third-order valence-corrected chi connectivity index (χ3v) is 4.07. The molecule has 0 bridgehead atoms. The molecule has 3 nitrogen and oxygen atoms in total. The van der Waals surface area contributed by atoms with Crippen LogP contribution in [0.15, 0.2) is 0 Å². The van der Waals surface area contributed by atoms with Gasteiger partial charge in [-0.1, -0.05) is 6.92 Å². The van der Waals surface area contributed by atoms with Crippen molar-refractivity contribution in [2.75, 3.05) is 19.6 Å². The van der Waals surface area contributed by atoms with Crippen LogP contribution in [-0.4, -0.2) is 36.1 Å². The maximum Gasteiger partial charge on any atom is 0.103 e. The van der Waals surface area contributed by atoms with Crippen molar-refractivity contribution in [1.29, 1.82) is 5.26 Å². The summed E-state index contributed by atoms with van der Waals surface area (Å²) in [5.41, 5.74) is -0.327. The molecule has 1 N–H and O–H groups in total. The molecule has 1 heterocycles. The third-order valence-electron chi connectivity index (χ3n) is 4.07. The first-order valence-electron chi connectivity index (χ1n) is 7.51. The van der Waals surface area contributed by atoms with Crippen LogP contribution in [0.4, 0.5) is 0 Å². The first-order chi connectivity index (χ1) is 8.61. The quantitative estimate of drug-likeness (QED) is 0.674. The minimum atomic E-state index is -0.327. The van der Waals surface area contributed by atoms with Crippen LogP contribution in [0.25, 0.3) is 0 Å². The second kappa shape index (κ2) is 7.76. The average Bonchev–Trinajstić information content (AvgIpc) is 2.78. The molecule has 0 spiro atoms. The van der Waals surface area contributed by atoms with Crippen LogP contribution in [0.1, 0.15) is 59.3 Å². The van der Waals surface area contributed by atoms with E-state index in [2.05, 4.69) is 30.1 Å². The number of rotatable bonds is 8. The van der Waals surface area contributed by atoms with E-state index in [0.29, 0.717) is 0 Å². The van der Waals surface area contributed by atoms with Crippen molar-refractivity contribution in [3.63, 3.8) is 0 Å². The lowest BCUT2D eigenvalue weighted by Crippen LogP contribution is -2.41. The van der Waals surface area contributed by atoms with Crippen LogP contribution in [0.3, 0.4) is 0 Å². The lowest BCUT2D eigenvalue weighted by molar-refractivity contribution is 0.258.